The Morgan fingerprint density at radius 1 is 0.362 bits per heavy atom. The molecule has 0 spiro atoms. The molecule has 1 atom stereocenters. The van der Waals surface area contributed by atoms with Gasteiger partial charge in [0, 0.05) is 19.3 Å². The lowest BCUT2D eigenvalue weighted by Crippen LogP contribution is -2.30. The maximum absolute atomic E-state index is 12.7. The topological polar surface area (TPSA) is 78.9 Å². The third kappa shape index (κ3) is 44.2. The highest BCUT2D eigenvalue weighted by Crippen LogP contribution is 2.13. The second-order valence-electron chi connectivity index (χ2n) is 16.0. The predicted octanol–water partition coefficient (Wildman–Crippen LogP) is 15.7. The van der Waals surface area contributed by atoms with Crippen LogP contribution < -0.4 is 0 Å². The minimum atomic E-state index is -0.801. The fourth-order valence-corrected chi connectivity index (χ4v) is 6.57. The van der Waals surface area contributed by atoms with Crippen LogP contribution in [0.2, 0.25) is 0 Å². The van der Waals surface area contributed by atoms with Crippen molar-refractivity contribution in [1.29, 1.82) is 0 Å². The molecule has 0 aromatic carbocycles. The number of carbonyl (C=O) groups excluding carboxylic acids is 3. The van der Waals surface area contributed by atoms with E-state index >= 15 is 0 Å². The molecule has 6 heteroatoms. The maximum Gasteiger partial charge on any atom is 0.306 e. The van der Waals surface area contributed by atoms with E-state index in [1.54, 1.807) is 0 Å². The van der Waals surface area contributed by atoms with Gasteiger partial charge in [-0.2, -0.15) is 0 Å². The fourth-order valence-electron chi connectivity index (χ4n) is 6.57. The van der Waals surface area contributed by atoms with E-state index in [2.05, 4.69) is 81.5 Å². The molecule has 0 amide bonds. The SMILES string of the molecule is CC/C=C\C/C=C\C/C=C\CCCC(=O)OCC(COC(=O)CCCCCCCCC/C=C\CCCCCC)OC(=O)CCCCC/C=C\CCCCCCCCC. The zero-order chi connectivity index (χ0) is 42.3. The van der Waals surface area contributed by atoms with E-state index in [0.29, 0.717) is 19.3 Å². The van der Waals surface area contributed by atoms with Crippen LogP contribution in [0.3, 0.4) is 0 Å². The van der Waals surface area contributed by atoms with Crippen LogP contribution in [-0.4, -0.2) is 37.2 Å². The van der Waals surface area contributed by atoms with Crippen molar-refractivity contribution in [3.63, 3.8) is 0 Å². The van der Waals surface area contributed by atoms with Gasteiger partial charge in [-0.3, -0.25) is 14.4 Å². The third-order valence-corrected chi connectivity index (χ3v) is 10.2. The van der Waals surface area contributed by atoms with E-state index in [1.165, 1.54) is 109 Å². The molecule has 0 saturated carbocycles. The van der Waals surface area contributed by atoms with Crippen LogP contribution in [0.4, 0.5) is 0 Å². The largest absolute Gasteiger partial charge is 0.462 e. The Balaban J connectivity index is 4.44. The quantitative estimate of drug-likeness (QED) is 0.0264. The number of hydrogen-bond donors (Lipinski definition) is 0. The Morgan fingerprint density at radius 3 is 1.17 bits per heavy atom. The Morgan fingerprint density at radius 2 is 0.690 bits per heavy atom. The van der Waals surface area contributed by atoms with Gasteiger partial charge < -0.3 is 14.2 Å². The van der Waals surface area contributed by atoms with Crippen LogP contribution in [0.15, 0.2) is 60.8 Å². The highest BCUT2D eigenvalue weighted by molar-refractivity contribution is 5.71. The maximum atomic E-state index is 12.7. The number of carbonyl (C=O) groups is 3. The molecule has 0 aromatic heterocycles. The lowest BCUT2D eigenvalue weighted by Gasteiger charge is -2.18. The summed E-state index contributed by atoms with van der Waals surface area (Å²) >= 11 is 0. The molecule has 0 rings (SSSR count). The zero-order valence-corrected chi connectivity index (χ0v) is 38.0. The minimum Gasteiger partial charge on any atom is -0.462 e. The Kier molecular flexibility index (Phi) is 44.5. The molecule has 0 heterocycles. The summed E-state index contributed by atoms with van der Waals surface area (Å²) in [5.74, 6) is -0.976. The average Bonchev–Trinajstić information content (AvgIpc) is 3.22. The molecule has 334 valence electrons. The molecule has 0 aliphatic carbocycles. The molecule has 0 aliphatic rings. The number of hydrogen-bond acceptors (Lipinski definition) is 6. The zero-order valence-electron chi connectivity index (χ0n) is 38.0. The number of esters is 3. The minimum absolute atomic E-state index is 0.0981. The number of unbranched alkanes of at least 4 members (excludes halogenated alkanes) is 22. The second kappa shape index (κ2) is 46.8. The van der Waals surface area contributed by atoms with Gasteiger partial charge in [0.25, 0.3) is 0 Å². The summed E-state index contributed by atoms with van der Waals surface area (Å²) in [6.07, 6.45) is 56.4. The van der Waals surface area contributed by atoms with Crippen LogP contribution in [0.1, 0.15) is 233 Å². The molecule has 0 aliphatic heterocycles. The van der Waals surface area contributed by atoms with Crippen molar-refractivity contribution >= 4 is 17.9 Å². The van der Waals surface area contributed by atoms with Crippen molar-refractivity contribution in [2.75, 3.05) is 13.2 Å². The number of ether oxygens (including phenoxy) is 3. The molecular weight excluding hydrogens is 721 g/mol. The first-order valence-corrected chi connectivity index (χ1v) is 24.3. The highest BCUT2D eigenvalue weighted by atomic mass is 16.6. The number of allylic oxidation sites excluding steroid dienone is 10. The first-order valence-electron chi connectivity index (χ1n) is 24.3. The van der Waals surface area contributed by atoms with E-state index < -0.39 is 6.10 Å². The van der Waals surface area contributed by atoms with Gasteiger partial charge >= 0.3 is 17.9 Å². The van der Waals surface area contributed by atoms with Gasteiger partial charge in [0.1, 0.15) is 13.2 Å². The summed E-state index contributed by atoms with van der Waals surface area (Å²) in [5.41, 5.74) is 0. The Hall–Kier alpha value is -2.89. The summed E-state index contributed by atoms with van der Waals surface area (Å²) in [6.45, 7) is 6.43. The molecule has 0 bridgehead atoms. The van der Waals surface area contributed by atoms with E-state index in [1.807, 2.05) is 0 Å². The van der Waals surface area contributed by atoms with Crippen molar-refractivity contribution in [1.82, 2.24) is 0 Å². The predicted molar refractivity (Wildman–Crippen MR) is 247 cm³/mol. The van der Waals surface area contributed by atoms with Crippen LogP contribution in [-0.2, 0) is 28.6 Å². The lowest BCUT2D eigenvalue weighted by molar-refractivity contribution is -0.167. The molecular formula is C52H90O6. The molecule has 0 radical (unpaired) electrons. The standard InChI is InChI=1S/C52H90O6/c1-4-7-10-13-16-19-22-24-26-28-30-33-36-39-42-45-51(54)57-48-49(47-56-50(53)44-41-38-35-32-29-21-18-15-12-9-6-3)58-52(55)46-43-40-37-34-31-27-25-23-20-17-14-11-8-5-2/h9,12,18-19,21-22,27,31-32,35,49H,4-8,10-11,13-17,20,23-26,28-30,33-34,36-48H2,1-3H3/b12-9-,21-18-,22-19-,31-27-,35-32-. The molecule has 0 fully saturated rings. The van der Waals surface area contributed by atoms with Crippen LogP contribution in [0, 0.1) is 0 Å². The molecule has 0 N–H and O–H groups in total. The number of rotatable bonds is 43. The summed E-state index contributed by atoms with van der Waals surface area (Å²) < 4.78 is 16.7. The van der Waals surface area contributed by atoms with Crippen LogP contribution >= 0.6 is 0 Å². The van der Waals surface area contributed by atoms with Gasteiger partial charge in [0.2, 0.25) is 0 Å². The average molecular weight is 811 g/mol. The smallest absolute Gasteiger partial charge is 0.306 e. The normalized spacial score (nSPS) is 12.5. The van der Waals surface area contributed by atoms with Gasteiger partial charge in [-0.05, 0) is 96.3 Å². The van der Waals surface area contributed by atoms with Crippen molar-refractivity contribution in [2.45, 2.75) is 239 Å². The monoisotopic (exact) mass is 811 g/mol. The summed E-state index contributed by atoms with van der Waals surface area (Å²) in [4.78, 5) is 37.8. The molecule has 58 heavy (non-hydrogen) atoms. The highest BCUT2D eigenvalue weighted by Gasteiger charge is 2.19. The molecule has 0 aromatic rings. The molecule has 0 saturated heterocycles. The van der Waals surface area contributed by atoms with Crippen molar-refractivity contribution in [2.24, 2.45) is 0 Å². The third-order valence-electron chi connectivity index (χ3n) is 10.2. The Bertz CT molecular complexity index is 1070. The fraction of sp³-hybridized carbons (Fsp3) is 0.750. The van der Waals surface area contributed by atoms with Gasteiger partial charge in [-0.15, -0.1) is 0 Å². The van der Waals surface area contributed by atoms with E-state index in [0.717, 1.165) is 77.0 Å². The summed E-state index contributed by atoms with van der Waals surface area (Å²) in [7, 11) is 0. The van der Waals surface area contributed by atoms with E-state index in [4.69, 9.17) is 14.2 Å². The summed E-state index contributed by atoms with van der Waals surface area (Å²) in [5, 5.41) is 0. The molecule has 6 nitrogen and oxygen atoms in total. The van der Waals surface area contributed by atoms with E-state index in [9.17, 15) is 14.4 Å². The first kappa shape index (κ1) is 55.1. The van der Waals surface area contributed by atoms with Gasteiger partial charge in [-0.1, -0.05) is 178 Å². The van der Waals surface area contributed by atoms with Gasteiger partial charge in [0.05, 0.1) is 0 Å². The summed E-state index contributed by atoms with van der Waals surface area (Å²) in [6, 6.07) is 0. The van der Waals surface area contributed by atoms with Gasteiger partial charge in [0.15, 0.2) is 6.10 Å². The second-order valence-corrected chi connectivity index (χ2v) is 16.0. The van der Waals surface area contributed by atoms with Gasteiger partial charge in [-0.25, -0.2) is 0 Å². The lowest BCUT2D eigenvalue weighted by atomic mass is 10.1. The van der Waals surface area contributed by atoms with Crippen molar-refractivity contribution in [3.8, 4) is 0 Å². The van der Waals surface area contributed by atoms with Crippen LogP contribution in [0.5, 0.6) is 0 Å². The van der Waals surface area contributed by atoms with Crippen molar-refractivity contribution in [3.05, 3.63) is 60.8 Å². The van der Waals surface area contributed by atoms with Crippen molar-refractivity contribution < 1.29 is 28.6 Å². The Labute approximate surface area is 358 Å². The van der Waals surface area contributed by atoms with E-state index in [-0.39, 0.29) is 37.5 Å². The molecule has 1 unspecified atom stereocenters. The first-order chi connectivity index (χ1) is 28.5. The van der Waals surface area contributed by atoms with Crippen LogP contribution in [0.25, 0.3) is 0 Å².